The molecular formula is C90H135N19O24. The maximum Gasteiger partial charge on any atom is 0.326 e. The van der Waals surface area contributed by atoms with Gasteiger partial charge in [0.15, 0.2) is 0 Å². The Morgan fingerprint density at radius 1 is 0.511 bits per heavy atom. The minimum absolute atomic E-state index is 0.00728. The molecule has 0 bridgehead atoms. The van der Waals surface area contributed by atoms with E-state index in [2.05, 4.69) is 74.4 Å². The maximum atomic E-state index is 15.2. The molecule has 3 aromatic rings. The van der Waals surface area contributed by atoms with E-state index in [1.807, 2.05) is 11.4 Å². The number of aliphatic carboxylic acids is 2. The van der Waals surface area contributed by atoms with Gasteiger partial charge in [0.2, 0.25) is 100 Å². The summed E-state index contributed by atoms with van der Waals surface area (Å²) in [5, 5.41) is 89.4. The normalized spacial score (nSPS) is 19.9. The van der Waals surface area contributed by atoms with Gasteiger partial charge in [-0.25, -0.2) is 4.79 Å². The highest BCUT2D eigenvalue weighted by Crippen LogP contribution is 2.23. The summed E-state index contributed by atoms with van der Waals surface area (Å²) in [5.41, 5.74) is 20.6. The quantitative estimate of drug-likeness (QED) is 0.0195. The molecule has 0 saturated carbocycles. The van der Waals surface area contributed by atoms with Crippen LogP contribution in [0.4, 0.5) is 0 Å². The molecule has 3 aromatic carbocycles. The van der Waals surface area contributed by atoms with Crippen LogP contribution in [0.2, 0.25) is 0 Å². The summed E-state index contributed by atoms with van der Waals surface area (Å²) in [4.78, 5) is 264. The van der Waals surface area contributed by atoms with E-state index in [0.717, 1.165) is 19.4 Å². The first-order valence-corrected chi connectivity index (χ1v) is 44.5. The highest BCUT2D eigenvalue weighted by Gasteiger charge is 2.45. The molecule has 133 heavy (non-hydrogen) atoms. The van der Waals surface area contributed by atoms with E-state index in [4.69, 9.17) is 22.9 Å². The Bertz CT molecular complexity index is 4500. The summed E-state index contributed by atoms with van der Waals surface area (Å²) in [5.74, 6) is -22.3. The molecular weight excluding hydrogens is 1730 g/mol. The van der Waals surface area contributed by atoms with Gasteiger partial charge in [-0.15, -0.1) is 0 Å². The number of aromatic hydroxyl groups is 1. The number of nitrogens with two attached hydrogens (primary N) is 4. The number of hydrogen-bond donors (Lipinski definition) is 24. The van der Waals surface area contributed by atoms with E-state index in [0.29, 0.717) is 17.5 Å². The van der Waals surface area contributed by atoms with E-state index >= 15 is 4.79 Å². The monoisotopic (exact) mass is 1870 g/mol. The van der Waals surface area contributed by atoms with Crippen LogP contribution in [0.15, 0.2) is 97.1 Å². The number of carbonyl (C=O) groups excluding carboxylic acids is 17. The molecule has 0 aromatic heterocycles. The molecule has 0 saturated heterocycles. The molecule has 0 unspecified atom stereocenters. The molecule has 0 fully saturated rings. The van der Waals surface area contributed by atoms with Gasteiger partial charge >= 0.3 is 11.9 Å². The summed E-state index contributed by atoms with van der Waals surface area (Å²) in [7, 11) is 0. The van der Waals surface area contributed by atoms with Crippen molar-refractivity contribution in [3.63, 3.8) is 0 Å². The van der Waals surface area contributed by atoms with Crippen molar-refractivity contribution < 1.29 is 117 Å². The number of benzene rings is 3. The summed E-state index contributed by atoms with van der Waals surface area (Å²) in [6, 6.07) is 3.94. The summed E-state index contributed by atoms with van der Waals surface area (Å²) in [6.45, 7) is 13.3. The van der Waals surface area contributed by atoms with E-state index < -0.39 is 265 Å². The molecule has 1 aliphatic rings. The average Bonchev–Trinajstić information content (AvgIpc) is 1.02. The zero-order chi connectivity index (χ0) is 99.6. The number of phenols is 1. The lowest BCUT2D eigenvalue weighted by atomic mass is 9.91. The second-order valence-corrected chi connectivity index (χ2v) is 34.7. The van der Waals surface area contributed by atoms with E-state index in [9.17, 15) is 112 Å². The molecule has 1 aliphatic heterocycles. The smallest absolute Gasteiger partial charge is 0.326 e. The number of aliphatic hydroxyl groups is 2. The van der Waals surface area contributed by atoms with Gasteiger partial charge in [-0.3, -0.25) is 86.3 Å². The van der Waals surface area contributed by atoms with Gasteiger partial charge in [0.1, 0.15) is 83.3 Å². The topological polar surface area (TPSA) is 710 Å². The van der Waals surface area contributed by atoms with Crippen molar-refractivity contribution in [1.82, 2.24) is 79.8 Å². The van der Waals surface area contributed by atoms with Gasteiger partial charge in [0.25, 0.3) is 0 Å². The van der Waals surface area contributed by atoms with Crippen LogP contribution < -0.4 is 103 Å². The first kappa shape index (κ1) is 112. The lowest BCUT2D eigenvalue weighted by Gasteiger charge is -2.34. The van der Waals surface area contributed by atoms with Crippen LogP contribution in [0.25, 0.3) is 0 Å². The molecule has 1 heterocycles. The van der Waals surface area contributed by atoms with Gasteiger partial charge in [0, 0.05) is 19.3 Å². The number of amides is 17. The Balaban J connectivity index is 1.68. The van der Waals surface area contributed by atoms with E-state index in [1.165, 1.54) is 38.1 Å². The lowest BCUT2D eigenvalue weighted by Crippen LogP contribution is -2.66. The number of hydrogen-bond acceptors (Lipinski definition) is 24. The molecule has 43 heteroatoms. The van der Waals surface area contributed by atoms with Crippen LogP contribution >= 0.6 is 0 Å². The fourth-order valence-electron chi connectivity index (χ4n) is 14.2. The van der Waals surface area contributed by atoms with Crippen molar-refractivity contribution >= 4 is 112 Å². The van der Waals surface area contributed by atoms with Gasteiger partial charge in [-0.05, 0) is 164 Å². The van der Waals surface area contributed by atoms with Crippen LogP contribution in [0.3, 0.4) is 0 Å². The highest BCUT2D eigenvalue weighted by molar-refractivity contribution is 6.03. The van der Waals surface area contributed by atoms with Gasteiger partial charge in [-0.2, -0.15) is 0 Å². The lowest BCUT2D eigenvalue weighted by molar-refractivity contribution is -0.143. The third-order valence-corrected chi connectivity index (χ3v) is 22.0. The second-order valence-electron chi connectivity index (χ2n) is 34.7. The Morgan fingerprint density at radius 2 is 1.02 bits per heavy atom. The number of nitrogens with one attached hydrogen (secondary N) is 15. The molecule has 4 rings (SSSR count). The number of phenolic OH excluding ortho intramolecular Hbond substituents is 1. The number of rotatable bonds is 48. The molecule has 734 valence electrons. The first-order chi connectivity index (χ1) is 62.6. The zero-order valence-electron chi connectivity index (χ0n) is 76.9. The predicted molar refractivity (Wildman–Crippen MR) is 484 cm³/mol. The summed E-state index contributed by atoms with van der Waals surface area (Å²) >= 11 is 0. The summed E-state index contributed by atoms with van der Waals surface area (Å²) < 4.78 is 0. The second kappa shape index (κ2) is 56.0. The van der Waals surface area contributed by atoms with Gasteiger partial charge in [0.05, 0.1) is 44.2 Å². The summed E-state index contributed by atoms with van der Waals surface area (Å²) in [6.07, 6.45) is -3.56. The Kier molecular flexibility index (Phi) is 47.3. The molecule has 0 spiro atoms. The van der Waals surface area contributed by atoms with Crippen LogP contribution in [0, 0.1) is 17.8 Å². The van der Waals surface area contributed by atoms with E-state index in [1.54, 1.807) is 108 Å². The molecule has 0 radical (unpaired) electrons. The number of carbonyl (C=O) groups is 19. The standard InChI is InChI=1S/C90H135N19O24/c1-11-51(6)72(105-70(116)48-96-77(121)63(43-55-28-20-17-21-29-55)99-75(119)58(92)42-54-26-18-16-19-27-54)83(127)101-64(44-56-31-33-57(112)34-32-56)80(124)100-61(40-49(2)3)81(125)106-73(52(7)110)84(128)102-65(45-67(93)113)82(126)108-89(9)37-23-14-12-13-15-24-38-90(10,87(132)103-60(35-36-71(117)118)76(120)95-47-69(115)97-66(86(130)131)46-68(94)114)109-85(129)74(53(8)111)107-78(122)59(30-22-25-39-91)98-79(123)62(41-50(4)5)104-88(89)133/h12-13,16-21,26-29,31-34,49-53,58-66,72-74,110-112H,11,14-15,22-25,30,35-48,91-92H2,1-10H3,(H2,93,113)(H2,94,114)(H,95,120)(H,96,121)(H,97,115)(H,98,123)(H,99,119)(H,100,124)(H,101,127)(H,102,128)(H,103,132)(H,104,133)(H,105,116)(H,106,125)(H,107,122)(H,108,126)(H,109,129)(H,117,118)(H,130,131)/b13-12-/t51-,52+,53+,58-,59-,60-,61-,62-,63-,64-,65-,66-,72-,73-,74-,89-,90-/m0/s1. The molecule has 0 aliphatic carbocycles. The number of unbranched alkanes of at least 4 members (excludes halogenated alkanes) is 1. The maximum absolute atomic E-state index is 15.2. The fraction of sp³-hybridized carbons (Fsp3) is 0.567. The molecule has 43 nitrogen and oxygen atoms in total. The third-order valence-electron chi connectivity index (χ3n) is 22.0. The van der Waals surface area contributed by atoms with E-state index in [-0.39, 0.29) is 102 Å². The Morgan fingerprint density at radius 3 is 1.55 bits per heavy atom. The third kappa shape index (κ3) is 39.9. The van der Waals surface area contributed by atoms with Crippen molar-refractivity contribution in [2.45, 2.75) is 287 Å². The Hall–Kier alpha value is -13.0. The number of allylic oxidation sites excluding steroid dienone is 2. The first-order valence-electron chi connectivity index (χ1n) is 44.5. The van der Waals surface area contributed by atoms with Crippen LogP contribution in [-0.4, -0.2) is 253 Å². The SMILES string of the molecule is CC[C@H](C)[C@H](NC(=O)CNC(=O)[C@H](Cc1ccccc1)NC(=O)[C@@H](N)Cc1ccccc1)C(=O)N[C@@H](Cc1ccc(O)cc1)C(=O)N[C@@H](CC(C)C)C(=O)N[C@H](C(=O)N[C@@H](CC(N)=O)C(=O)N[C@@]1(C)CCC/C=C\CCC[C@@](C)(C(=O)N[C@@H](CCC(=O)O)C(=O)NCC(=O)N[C@@H](CC(N)=O)C(=O)O)NC(=O)[C@H]([C@@H](C)O)NC(=O)[C@H](CCCCN)NC(=O)[C@H](CC(C)C)NC1=O)[C@@H](C)O. The molecule has 28 N–H and O–H groups in total. The number of carboxylic acid groups (broad SMARTS) is 2. The van der Waals surface area contributed by atoms with Crippen LogP contribution in [0.1, 0.15) is 189 Å². The predicted octanol–water partition coefficient (Wildman–Crippen LogP) is -3.30. The Labute approximate surface area is 772 Å². The van der Waals surface area contributed by atoms with Crippen molar-refractivity contribution in [3.8, 4) is 5.75 Å². The van der Waals surface area contributed by atoms with Crippen molar-refractivity contribution in [3.05, 3.63) is 114 Å². The van der Waals surface area contributed by atoms with Crippen molar-refractivity contribution in [2.75, 3.05) is 19.6 Å². The molecule has 17 atom stereocenters. The number of primary amides is 2. The van der Waals surface area contributed by atoms with Crippen LogP contribution in [-0.2, 0) is 110 Å². The fourth-order valence-corrected chi connectivity index (χ4v) is 14.2. The van der Waals surface area contributed by atoms with Crippen molar-refractivity contribution in [1.29, 1.82) is 0 Å². The largest absolute Gasteiger partial charge is 0.508 e. The zero-order valence-corrected chi connectivity index (χ0v) is 76.9. The highest BCUT2D eigenvalue weighted by atomic mass is 16.4. The van der Waals surface area contributed by atoms with Crippen molar-refractivity contribution in [2.24, 2.45) is 40.7 Å². The molecule has 17 amide bonds. The number of aliphatic hydroxyl groups excluding tert-OH is 2. The van der Waals surface area contributed by atoms with Gasteiger partial charge < -0.3 is 128 Å². The minimum atomic E-state index is -2.11. The number of carboxylic acids is 2. The average molecular weight is 1870 g/mol. The van der Waals surface area contributed by atoms with Gasteiger partial charge in [-0.1, -0.05) is 133 Å². The minimum Gasteiger partial charge on any atom is -0.508 e. The van der Waals surface area contributed by atoms with Crippen LogP contribution in [0.5, 0.6) is 5.75 Å².